The van der Waals surface area contributed by atoms with Crippen LogP contribution >= 0.6 is 0 Å². The Kier molecular flexibility index (Phi) is 10.7. The highest BCUT2D eigenvalue weighted by atomic mass is 16.5. The van der Waals surface area contributed by atoms with Crippen molar-refractivity contribution in [2.75, 3.05) is 6.61 Å². The normalized spacial score (nSPS) is 10.6. The second-order valence-corrected chi connectivity index (χ2v) is 5.83. The van der Waals surface area contributed by atoms with Crippen LogP contribution in [0.5, 0.6) is 5.75 Å². The van der Waals surface area contributed by atoms with E-state index in [1.807, 2.05) is 12.1 Å². The molecule has 0 amide bonds. The molecule has 0 bridgehead atoms. The van der Waals surface area contributed by atoms with Crippen LogP contribution in [0.25, 0.3) is 6.08 Å². The molecule has 0 aromatic heterocycles. The van der Waals surface area contributed by atoms with E-state index in [0.717, 1.165) is 19.3 Å². The Morgan fingerprint density at radius 2 is 1.72 bits per heavy atom. The number of benzene rings is 1. The molecular formula is C21H28O4. The van der Waals surface area contributed by atoms with Crippen molar-refractivity contribution in [3.8, 4) is 5.75 Å². The summed E-state index contributed by atoms with van der Waals surface area (Å²) in [7, 11) is 0. The number of para-hydroxylation sites is 1. The molecule has 0 saturated carbocycles. The number of unbranched alkanes of at least 4 members (excludes halogenated alkanes) is 6. The Labute approximate surface area is 150 Å². The summed E-state index contributed by atoms with van der Waals surface area (Å²) in [5.41, 5.74) is 0.661. The Bertz CT molecular complexity index is 575. The minimum Gasteiger partial charge on any atom is -0.463 e. The first-order chi connectivity index (χ1) is 12.1. The van der Waals surface area contributed by atoms with E-state index in [-0.39, 0.29) is 5.97 Å². The van der Waals surface area contributed by atoms with Gasteiger partial charge in [-0.3, -0.25) is 4.79 Å². The second kappa shape index (κ2) is 13.0. The van der Waals surface area contributed by atoms with Gasteiger partial charge in [0.05, 0.1) is 6.61 Å². The van der Waals surface area contributed by atoms with Gasteiger partial charge in [0.25, 0.3) is 0 Å². The van der Waals surface area contributed by atoms with Crippen LogP contribution in [0.2, 0.25) is 0 Å². The van der Waals surface area contributed by atoms with Crippen molar-refractivity contribution in [3.63, 3.8) is 0 Å². The third kappa shape index (κ3) is 10.2. The number of ether oxygens (including phenoxy) is 2. The van der Waals surface area contributed by atoms with Gasteiger partial charge in [-0.1, -0.05) is 50.0 Å². The van der Waals surface area contributed by atoms with Gasteiger partial charge in [-0.15, -0.1) is 6.58 Å². The van der Waals surface area contributed by atoms with Gasteiger partial charge >= 0.3 is 11.9 Å². The zero-order valence-corrected chi connectivity index (χ0v) is 15.0. The molecule has 0 radical (unpaired) electrons. The molecule has 0 aliphatic rings. The largest absolute Gasteiger partial charge is 0.463 e. The molecule has 0 aliphatic carbocycles. The van der Waals surface area contributed by atoms with Gasteiger partial charge in [-0.05, 0) is 31.4 Å². The lowest BCUT2D eigenvalue weighted by Crippen LogP contribution is -2.03. The Hall–Kier alpha value is -2.36. The smallest absolute Gasteiger partial charge is 0.330 e. The van der Waals surface area contributed by atoms with E-state index < -0.39 is 5.97 Å². The molecule has 0 saturated heterocycles. The Morgan fingerprint density at radius 3 is 2.44 bits per heavy atom. The molecule has 1 rings (SSSR count). The highest BCUT2D eigenvalue weighted by Crippen LogP contribution is 2.19. The van der Waals surface area contributed by atoms with Crippen molar-refractivity contribution in [2.24, 2.45) is 0 Å². The number of allylic oxidation sites excluding steroid dienone is 1. The van der Waals surface area contributed by atoms with Gasteiger partial charge in [-0.2, -0.15) is 0 Å². The molecule has 0 aliphatic heterocycles. The topological polar surface area (TPSA) is 52.6 Å². The molecule has 4 heteroatoms. The number of hydrogen-bond acceptors (Lipinski definition) is 4. The first-order valence-electron chi connectivity index (χ1n) is 8.86. The summed E-state index contributed by atoms with van der Waals surface area (Å²) in [6.45, 7) is 5.48. The van der Waals surface area contributed by atoms with E-state index >= 15 is 0 Å². The number of esters is 2. The first kappa shape index (κ1) is 20.7. The average Bonchev–Trinajstić information content (AvgIpc) is 2.59. The minimum atomic E-state index is -0.395. The zero-order valence-electron chi connectivity index (χ0n) is 15.0. The van der Waals surface area contributed by atoms with Crippen LogP contribution in [0.4, 0.5) is 0 Å². The van der Waals surface area contributed by atoms with E-state index in [4.69, 9.17) is 9.47 Å². The van der Waals surface area contributed by atoms with Crippen LogP contribution in [-0.2, 0) is 14.3 Å². The van der Waals surface area contributed by atoms with Gasteiger partial charge in [-0.25, -0.2) is 4.79 Å². The summed E-state index contributed by atoms with van der Waals surface area (Å²) >= 11 is 0. The lowest BCUT2D eigenvalue weighted by atomic mass is 10.1. The summed E-state index contributed by atoms with van der Waals surface area (Å²) in [6, 6.07) is 7.04. The summed E-state index contributed by atoms with van der Waals surface area (Å²) in [4.78, 5) is 22.8. The van der Waals surface area contributed by atoms with E-state index in [2.05, 4.69) is 6.58 Å². The molecule has 0 fully saturated rings. The average molecular weight is 344 g/mol. The number of carbonyl (C=O) groups excluding carboxylic acids is 2. The molecule has 1 aromatic carbocycles. The monoisotopic (exact) mass is 344 g/mol. The maximum absolute atomic E-state index is 11.7. The maximum Gasteiger partial charge on any atom is 0.330 e. The molecule has 0 unspecified atom stereocenters. The lowest BCUT2D eigenvalue weighted by molar-refractivity contribution is -0.137. The van der Waals surface area contributed by atoms with Gasteiger partial charge in [0.2, 0.25) is 0 Å². The highest BCUT2D eigenvalue weighted by molar-refractivity contribution is 5.87. The molecule has 0 heterocycles. The minimum absolute atomic E-state index is 0.386. The van der Waals surface area contributed by atoms with Gasteiger partial charge < -0.3 is 9.47 Å². The van der Waals surface area contributed by atoms with Crippen LogP contribution in [0.3, 0.4) is 0 Å². The van der Waals surface area contributed by atoms with Crippen molar-refractivity contribution >= 4 is 18.0 Å². The second-order valence-electron chi connectivity index (χ2n) is 5.83. The summed E-state index contributed by atoms with van der Waals surface area (Å²) in [5.74, 6) is -0.355. The summed E-state index contributed by atoms with van der Waals surface area (Å²) < 4.78 is 10.3. The molecule has 1 aromatic rings. The third-order valence-electron chi connectivity index (χ3n) is 3.62. The van der Waals surface area contributed by atoms with Gasteiger partial charge in [0.1, 0.15) is 5.75 Å². The zero-order chi connectivity index (χ0) is 18.3. The highest BCUT2D eigenvalue weighted by Gasteiger charge is 2.04. The van der Waals surface area contributed by atoms with Crippen LogP contribution in [0.15, 0.2) is 43.0 Å². The Balaban J connectivity index is 2.23. The molecule has 0 spiro atoms. The predicted molar refractivity (Wildman–Crippen MR) is 100 cm³/mol. The lowest BCUT2D eigenvalue weighted by Gasteiger charge is -2.05. The van der Waals surface area contributed by atoms with E-state index in [0.29, 0.717) is 17.9 Å². The first-order valence-corrected chi connectivity index (χ1v) is 8.86. The van der Waals surface area contributed by atoms with Crippen molar-refractivity contribution in [2.45, 2.75) is 51.9 Å². The Morgan fingerprint density at radius 1 is 1.04 bits per heavy atom. The van der Waals surface area contributed by atoms with Crippen molar-refractivity contribution in [1.82, 2.24) is 0 Å². The van der Waals surface area contributed by atoms with Crippen LogP contribution in [-0.4, -0.2) is 18.5 Å². The molecule has 4 nitrogen and oxygen atoms in total. The fourth-order valence-electron chi connectivity index (χ4n) is 2.34. The van der Waals surface area contributed by atoms with Crippen molar-refractivity contribution in [1.29, 1.82) is 0 Å². The SMILES string of the molecule is C=CCCCCCCCCOC(=O)C=Cc1ccccc1OC(C)=O. The number of rotatable bonds is 12. The van der Waals surface area contributed by atoms with Gasteiger partial charge in [0, 0.05) is 18.6 Å². The molecule has 0 N–H and O–H groups in total. The fourth-order valence-corrected chi connectivity index (χ4v) is 2.34. The van der Waals surface area contributed by atoms with Crippen LogP contribution < -0.4 is 4.74 Å². The summed E-state index contributed by atoms with van der Waals surface area (Å²) in [5, 5.41) is 0. The van der Waals surface area contributed by atoms with Gasteiger partial charge in [0.15, 0.2) is 0 Å². The van der Waals surface area contributed by atoms with Crippen LogP contribution in [0, 0.1) is 0 Å². The standard InChI is InChI=1S/C21H28O4/c1-3-4-5-6-7-8-9-12-17-24-21(23)16-15-19-13-10-11-14-20(19)25-18(2)22/h3,10-11,13-16H,1,4-9,12,17H2,2H3. The maximum atomic E-state index is 11.7. The quantitative estimate of drug-likeness (QED) is 0.174. The van der Waals surface area contributed by atoms with Crippen molar-refractivity contribution in [3.05, 3.63) is 48.6 Å². The molecule has 0 atom stereocenters. The summed E-state index contributed by atoms with van der Waals surface area (Å²) in [6.07, 6.45) is 12.8. The van der Waals surface area contributed by atoms with E-state index in [9.17, 15) is 9.59 Å². The molecule has 25 heavy (non-hydrogen) atoms. The molecular weight excluding hydrogens is 316 g/mol. The number of hydrogen-bond donors (Lipinski definition) is 0. The molecule has 136 valence electrons. The third-order valence-corrected chi connectivity index (χ3v) is 3.62. The van der Waals surface area contributed by atoms with E-state index in [1.165, 1.54) is 38.7 Å². The van der Waals surface area contributed by atoms with Crippen LogP contribution in [0.1, 0.15) is 57.4 Å². The van der Waals surface area contributed by atoms with E-state index in [1.54, 1.807) is 24.3 Å². The van der Waals surface area contributed by atoms with Crippen molar-refractivity contribution < 1.29 is 19.1 Å². The predicted octanol–water partition coefficient (Wildman–Crippen LogP) is 5.09. The fraction of sp³-hybridized carbons (Fsp3) is 0.429. The number of carbonyl (C=O) groups is 2.